The van der Waals surface area contributed by atoms with E-state index in [2.05, 4.69) is 25.0 Å². The molecule has 120 valence electrons. The van der Waals surface area contributed by atoms with Gasteiger partial charge >= 0.3 is 0 Å². The third-order valence-electron chi connectivity index (χ3n) is 4.74. The van der Waals surface area contributed by atoms with E-state index in [0.29, 0.717) is 5.82 Å². The molecule has 0 saturated carbocycles. The van der Waals surface area contributed by atoms with Crippen LogP contribution in [0.5, 0.6) is 0 Å². The van der Waals surface area contributed by atoms with E-state index < -0.39 is 6.10 Å². The largest absolute Gasteiger partial charge is 0.385 e. The number of pyridine rings is 1. The van der Waals surface area contributed by atoms with Gasteiger partial charge in [0.05, 0.1) is 17.3 Å². The lowest BCUT2D eigenvalue weighted by Crippen LogP contribution is -2.36. The summed E-state index contributed by atoms with van der Waals surface area (Å²) in [5.41, 5.74) is 2.08. The van der Waals surface area contributed by atoms with Crippen molar-refractivity contribution in [2.45, 2.75) is 18.9 Å². The molecule has 0 spiro atoms. The predicted molar refractivity (Wildman–Crippen MR) is 87.0 cm³/mol. The molecule has 0 aromatic carbocycles. The van der Waals surface area contributed by atoms with Crippen molar-refractivity contribution in [3.8, 4) is 0 Å². The highest BCUT2D eigenvalue weighted by Gasteiger charge is 2.28. The SMILES string of the molecule is Cn1ncc2c(N3CCC(C(O)c4ncc[nH]4)CC3)ccnc21. The number of imidazole rings is 1. The molecule has 0 radical (unpaired) electrons. The first-order chi connectivity index (χ1) is 11.2. The summed E-state index contributed by atoms with van der Waals surface area (Å²) < 4.78 is 1.80. The van der Waals surface area contributed by atoms with Crippen molar-refractivity contribution in [2.75, 3.05) is 18.0 Å². The number of aliphatic hydroxyl groups is 1. The number of H-pyrrole nitrogens is 1. The van der Waals surface area contributed by atoms with Gasteiger partial charge < -0.3 is 15.0 Å². The number of aryl methyl sites for hydroxylation is 1. The van der Waals surface area contributed by atoms with Crippen LogP contribution in [0.1, 0.15) is 24.8 Å². The topological polar surface area (TPSA) is 82.9 Å². The number of anilines is 1. The zero-order valence-electron chi connectivity index (χ0n) is 13.1. The molecular weight excluding hydrogens is 292 g/mol. The molecular formula is C16H20N6O. The Labute approximate surface area is 134 Å². The minimum atomic E-state index is -0.511. The van der Waals surface area contributed by atoms with Crippen molar-refractivity contribution >= 4 is 16.7 Å². The van der Waals surface area contributed by atoms with Crippen LogP contribution >= 0.6 is 0 Å². The van der Waals surface area contributed by atoms with E-state index in [4.69, 9.17) is 0 Å². The highest BCUT2D eigenvalue weighted by Crippen LogP contribution is 2.33. The van der Waals surface area contributed by atoms with Crippen LogP contribution < -0.4 is 4.90 Å². The number of hydrogen-bond donors (Lipinski definition) is 2. The molecule has 23 heavy (non-hydrogen) atoms. The maximum atomic E-state index is 10.4. The van der Waals surface area contributed by atoms with Crippen LogP contribution in [0.25, 0.3) is 11.0 Å². The normalized spacial score (nSPS) is 17.7. The summed E-state index contributed by atoms with van der Waals surface area (Å²) in [6, 6.07) is 2.05. The zero-order chi connectivity index (χ0) is 15.8. The van der Waals surface area contributed by atoms with Crippen molar-refractivity contribution in [1.29, 1.82) is 0 Å². The van der Waals surface area contributed by atoms with Crippen molar-refractivity contribution in [3.63, 3.8) is 0 Å². The van der Waals surface area contributed by atoms with Gasteiger partial charge in [-0.1, -0.05) is 0 Å². The van der Waals surface area contributed by atoms with Gasteiger partial charge in [-0.3, -0.25) is 4.68 Å². The molecule has 4 heterocycles. The van der Waals surface area contributed by atoms with Gasteiger partial charge in [0.1, 0.15) is 11.9 Å². The van der Waals surface area contributed by atoms with E-state index in [1.54, 1.807) is 17.1 Å². The second-order valence-corrected chi connectivity index (χ2v) is 6.08. The molecule has 4 rings (SSSR count). The molecule has 3 aromatic heterocycles. The van der Waals surface area contributed by atoms with Gasteiger partial charge in [-0.05, 0) is 24.8 Å². The molecule has 1 aliphatic heterocycles. The first-order valence-electron chi connectivity index (χ1n) is 7.93. The average Bonchev–Trinajstić information content (AvgIpc) is 3.25. The van der Waals surface area contributed by atoms with Crippen LogP contribution in [-0.4, -0.2) is 42.9 Å². The number of nitrogens with one attached hydrogen (secondary N) is 1. The van der Waals surface area contributed by atoms with Gasteiger partial charge in [0.25, 0.3) is 0 Å². The van der Waals surface area contributed by atoms with Gasteiger partial charge in [0.2, 0.25) is 0 Å². The fourth-order valence-electron chi connectivity index (χ4n) is 3.43. The van der Waals surface area contributed by atoms with Crippen molar-refractivity contribution < 1.29 is 5.11 Å². The summed E-state index contributed by atoms with van der Waals surface area (Å²) in [5, 5.41) is 15.8. The Kier molecular flexibility index (Phi) is 3.49. The second-order valence-electron chi connectivity index (χ2n) is 6.08. The van der Waals surface area contributed by atoms with Gasteiger partial charge in [-0.15, -0.1) is 0 Å². The summed E-state index contributed by atoms with van der Waals surface area (Å²) >= 11 is 0. The number of nitrogens with zero attached hydrogens (tertiary/aromatic N) is 5. The smallest absolute Gasteiger partial charge is 0.159 e. The molecule has 3 aromatic rings. The Hall–Kier alpha value is -2.41. The van der Waals surface area contributed by atoms with Crippen LogP contribution in [-0.2, 0) is 7.05 Å². The summed E-state index contributed by atoms with van der Waals surface area (Å²) in [5.74, 6) is 0.908. The molecule has 1 unspecified atom stereocenters. The van der Waals surface area contributed by atoms with Crippen molar-refractivity contribution in [1.82, 2.24) is 24.7 Å². The van der Waals surface area contributed by atoms with E-state index in [1.807, 2.05) is 25.5 Å². The van der Waals surface area contributed by atoms with Crippen LogP contribution in [0.3, 0.4) is 0 Å². The zero-order valence-corrected chi connectivity index (χ0v) is 13.1. The third kappa shape index (κ3) is 2.46. The van der Waals surface area contributed by atoms with Gasteiger partial charge in [-0.2, -0.15) is 5.10 Å². The quantitative estimate of drug-likeness (QED) is 0.768. The number of piperidine rings is 1. The molecule has 1 saturated heterocycles. The highest BCUT2D eigenvalue weighted by atomic mass is 16.3. The number of hydrogen-bond acceptors (Lipinski definition) is 5. The molecule has 0 bridgehead atoms. The molecule has 2 N–H and O–H groups in total. The Morgan fingerprint density at radius 3 is 2.83 bits per heavy atom. The van der Waals surface area contributed by atoms with E-state index in [1.165, 1.54) is 5.69 Å². The number of fused-ring (bicyclic) bond motifs is 1. The highest BCUT2D eigenvalue weighted by molar-refractivity contribution is 5.89. The Morgan fingerprint density at radius 2 is 2.09 bits per heavy atom. The van der Waals surface area contributed by atoms with Gasteiger partial charge in [-0.25, -0.2) is 9.97 Å². The molecule has 1 atom stereocenters. The molecule has 7 nitrogen and oxygen atoms in total. The summed E-state index contributed by atoms with van der Waals surface area (Å²) in [7, 11) is 1.91. The Balaban J connectivity index is 1.51. The van der Waals surface area contributed by atoms with Crippen LogP contribution in [0.15, 0.2) is 30.9 Å². The van der Waals surface area contributed by atoms with Crippen molar-refractivity contribution in [3.05, 3.63) is 36.7 Å². The molecule has 1 fully saturated rings. The standard InChI is InChI=1S/C16H20N6O/c1-21-16-12(10-20-21)13(2-5-19-16)22-8-3-11(4-9-22)14(23)15-17-6-7-18-15/h2,5-7,10-11,14,23H,3-4,8-9H2,1H3,(H,17,18). The number of rotatable bonds is 3. The monoisotopic (exact) mass is 312 g/mol. The van der Waals surface area contributed by atoms with Gasteiger partial charge in [0.15, 0.2) is 5.65 Å². The maximum absolute atomic E-state index is 10.4. The number of aromatic amines is 1. The minimum Gasteiger partial charge on any atom is -0.385 e. The summed E-state index contributed by atoms with van der Waals surface area (Å²) in [6.45, 7) is 1.83. The molecule has 7 heteroatoms. The maximum Gasteiger partial charge on any atom is 0.159 e. The predicted octanol–water partition coefficient (Wildman–Crippen LogP) is 1.64. The minimum absolute atomic E-state index is 0.239. The number of aliphatic hydroxyl groups excluding tert-OH is 1. The first-order valence-corrected chi connectivity index (χ1v) is 7.93. The fraction of sp³-hybridized carbons (Fsp3) is 0.438. The summed E-state index contributed by atoms with van der Waals surface area (Å²) in [4.78, 5) is 13.9. The first kappa shape index (κ1) is 14.2. The lowest BCUT2D eigenvalue weighted by atomic mass is 9.90. The van der Waals surface area contributed by atoms with Crippen LogP contribution in [0, 0.1) is 5.92 Å². The number of aromatic nitrogens is 5. The van der Waals surface area contributed by atoms with E-state index in [0.717, 1.165) is 37.0 Å². The Morgan fingerprint density at radius 1 is 1.26 bits per heavy atom. The van der Waals surface area contributed by atoms with E-state index >= 15 is 0 Å². The van der Waals surface area contributed by atoms with Crippen LogP contribution in [0.2, 0.25) is 0 Å². The third-order valence-corrected chi connectivity index (χ3v) is 4.74. The molecule has 0 amide bonds. The molecule has 1 aliphatic rings. The van der Waals surface area contributed by atoms with Gasteiger partial charge in [0, 0.05) is 38.7 Å². The lowest BCUT2D eigenvalue weighted by Gasteiger charge is -2.35. The molecule has 0 aliphatic carbocycles. The second kappa shape index (κ2) is 5.66. The van der Waals surface area contributed by atoms with Crippen molar-refractivity contribution in [2.24, 2.45) is 13.0 Å². The lowest BCUT2D eigenvalue weighted by molar-refractivity contribution is 0.0857. The average molecular weight is 312 g/mol. The van der Waals surface area contributed by atoms with E-state index in [9.17, 15) is 5.11 Å². The Bertz CT molecular complexity index is 788. The fourth-order valence-corrected chi connectivity index (χ4v) is 3.43. The summed E-state index contributed by atoms with van der Waals surface area (Å²) in [6.07, 6.45) is 8.51. The van der Waals surface area contributed by atoms with E-state index in [-0.39, 0.29) is 5.92 Å². The van der Waals surface area contributed by atoms with Crippen LogP contribution in [0.4, 0.5) is 5.69 Å².